The second kappa shape index (κ2) is 6.22. The van der Waals surface area contributed by atoms with Crippen molar-refractivity contribution in [2.24, 2.45) is 5.92 Å². The van der Waals surface area contributed by atoms with Gasteiger partial charge < -0.3 is 5.32 Å². The first-order valence-electron chi connectivity index (χ1n) is 6.07. The lowest BCUT2D eigenvalue weighted by Gasteiger charge is -2.15. The number of nitrogens with zero attached hydrogens (tertiary/aromatic N) is 2. The minimum Gasteiger partial charge on any atom is -0.310 e. The zero-order valence-corrected chi connectivity index (χ0v) is 11.0. The minimum absolute atomic E-state index is 0.343. The molecule has 0 saturated carbocycles. The van der Waals surface area contributed by atoms with Crippen molar-refractivity contribution in [2.75, 3.05) is 0 Å². The van der Waals surface area contributed by atoms with Gasteiger partial charge in [-0.25, -0.2) is 0 Å². The molecule has 3 nitrogen and oxygen atoms in total. The minimum atomic E-state index is -4.22. The Hall–Kier alpha value is -1.04. The maximum absolute atomic E-state index is 12.1. The van der Waals surface area contributed by atoms with Crippen LogP contribution in [0.1, 0.15) is 32.8 Å². The topological polar surface area (TPSA) is 29.9 Å². The van der Waals surface area contributed by atoms with Gasteiger partial charge in [0.25, 0.3) is 0 Å². The lowest BCUT2D eigenvalue weighted by Crippen LogP contribution is -2.26. The highest BCUT2D eigenvalue weighted by Crippen LogP contribution is 2.17. The molecule has 0 aliphatic heterocycles. The normalized spacial score (nSPS) is 14.2. The van der Waals surface area contributed by atoms with E-state index in [2.05, 4.69) is 31.2 Å². The molecule has 1 N–H and O–H groups in total. The molecule has 1 aromatic rings. The highest BCUT2D eigenvalue weighted by atomic mass is 19.4. The summed E-state index contributed by atoms with van der Waals surface area (Å²) in [5, 5.41) is 6.97. The second-order valence-electron chi connectivity index (χ2n) is 5.07. The summed E-state index contributed by atoms with van der Waals surface area (Å²) in [6.45, 7) is 5.86. The van der Waals surface area contributed by atoms with Crippen LogP contribution in [0.25, 0.3) is 0 Å². The first-order valence-corrected chi connectivity index (χ1v) is 6.07. The molecule has 0 unspecified atom stereocenters. The van der Waals surface area contributed by atoms with Gasteiger partial charge in [-0.15, -0.1) is 0 Å². The average Bonchev–Trinajstić information content (AvgIpc) is 2.58. The van der Waals surface area contributed by atoms with Crippen molar-refractivity contribution in [1.82, 2.24) is 15.1 Å². The third-order valence-corrected chi connectivity index (χ3v) is 2.51. The molecule has 1 aromatic heterocycles. The van der Waals surface area contributed by atoms with E-state index >= 15 is 0 Å². The van der Waals surface area contributed by atoms with Crippen LogP contribution in [0.4, 0.5) is 13.2 Å². The van der Waals surface area contributed by atoms with Crippen molar-refractivity contribution in [3.63, 3.8) is 0 Å². The molecule has 6 heteroatoms. The number of rotatable bonds is 6. The molecule has 0 bridgehead atoms. The Bertz CT molecular complexity index is 358. The fourth-order valence-corrected chi connectivity index (χ4v) is 1.85. The van der Waals surface area contributed by atoms with E-state index in [0.29, 0.717) is 18.5 Å². The summed E-state index contributed by atoms with van der Waals surface area (Å²) in [4.78, 5) is 0. The van der Waals surface area contributed by atoms with Gasteiger partial charge in [0.05, 0.1) is 6.20 Å². The molecule has 18 heavy (non-hydrogen) atoms. The maximum atomic E-state index is 12.1. The molecule has 1 rings (SSSR count). The van der Waals surface area contributed by atoms with E-state index in [4.69, 9.17) is 0 Å². The van der Waals surface area contributed by atoms with Crippen LogP contribution >= 0.6 is 0 Å². The molecule has 0 aromatic carbocycles. The van der Waals surface area contributed by atoms with E-state index in [-0.39, 0.29) is 0 Å². The number of hydrogen-bond acceptors (Lipinski definition) is 2. The van der Waals surface area contributed by atoms with Gasteiger partial charge in [0, 0.05) is 24.3 Å². The van der Waals surface area contributed by atoms with Crippen LogP contribution in [0.3, 0.4) is 0 Å². The number of alkyl halides is 3. The van der Waals surface area contributed by atoms with Crippen molar-refractivity contribution in [2.45, 2.75) is 52.5 Å². The van der Waals surface area contributed by atoms with Crippen LogP contribution in [-0.4, -0.2) is 22.0 Å². The van der Waals surface area contributed by atoms with Crippen LogP contribution in [0.2, 0.25) is 0 Å². The molecule has 0 radical (unpaired) electrons. The summed E-state index contributed by atoms with van der Waals surface area (Å²) >= 11 is 0. The molecule has 0 fully saturated rings. The smallest absolute Gasteiger partial charge is 0.310 e. The van der Waals surface area contributed by atoms with Gasteiger partial charge >= 0.3 is 6.18 Å². The first kappa shape index (κ1) is 15.0. The van der Waals surface area contributed by atoms with Gasteiger partial charge in [0.1, 0.15) is 6.54 Å². The Morgan fingerprint density at radius 2 is 2.00 bits per heavy atom. The third kappa shape index (κ3) is 6.05. The number of nitrogens with one attached hydrogen (secondary N) is 1. The van der Waals surface area contributed by atoms with E-state index < -0.39 is 12.7 Å². The van der Waals surface area contributed by atoms with Gasteiger partial charge in [-0.2, -0.15) is 18.3 Å². The molecular weight excluding hydrogens is 243 g/mol. The van der Waals surface area contributed by atoms with Crippen molar-refractivity contribution in [3.8, 4) is 0 Å². The zero-order valence-electron chi connectivity index (χ0n) is 11.0. The predicted molar refractivity (Wildman–Crippen MR) is 64.0 cm³/mol. The Kier molecular flexibility index (Phi) is 5.19. The second-order valence-corrected chi connectivity index (χ2v) is 5.07. The standard InChI is InChI=1S/C12H20F3N3/c1-9(2)4-10(3)16-5-11-6-17-18(7-11)8-12(13,14)15/h6-7,9-10,16H,4-5,8H2,1-3H3/t10-/m0/s1. The fourth-order valence-electron chi connectivity index (χ4n) is 1.85. The maximum Gasteiger partial charge on any atom is 0.408 e. The average molecular weight is 263 g/mol. The van der Waals surface area contributed by atoms with Crippen molar-refractivity contribution < 1.29 is 13.2 Å². The lowest BCUT2D eigenvalue weighted by molar-refractivity contribution is -0.142. The third-order valence-electron chi connectivity index (χ3n) is 2.51. The Balaban J connectivity index is 2.40. The number of halogens is 3. The SMILES string of the molecule is CC(C)C[C@H](C)NCc1cnn(CC(F)(F)F)c1. The highest BCUT2D eigenvalue weighted by Gasteiger charge is 2.28. The van der Waals surface area contributed by atoms with Crippen LogP contribution < -0.4 is 5.32 Å². The molecule has 0 amide bonds. The molecule has 0 aliphatic carbocycles. The van der Waals surface area contributed by atoms with Gasteiger partial charge in [0.2, 0.25) is 0 Å². The summed E-state index contributed by atoms with van der Waals surface area (Å²) < 4.78 is 37.3. The summed E-state index contributed by atoms with van der Waals surface area (Å²) in [7, 11) is 0. The number of hydrogen-bond donors (Lipinski definition) is 1. The van der Waals surface area contributed by atoms with E-state index in [1.54, 1.807) is 0 Å². The van der Waals surface area contributed by atoms with E-state index in [1.165, 1.54) is 12.4 Å². The van der Waals surface area contributed by atoms with Crippen LogP contribution in [0, 0.1) is 5.92 Å². The van der Waals surface area contributed by atoms with Gasteiger partial charge in [-0.05, 0) is 19.3 Å². The monoisotopic (exact) mass is 263 g/mol. The summed E-state index contributed by atoms with van der Waals surface area (Å²) in [5.74, 6) is 0.598. The molecule has 0 aliphatic rings. The Morgan fingerprint density at radius 3 is 2.56 bits per heavy atom. The summed E-state index contributed by atoms with van der Waals surface area (Å²) in [5.41, 5.74) is 0.773. The summed E-state index contributed by atoms with van der Waals surface area (Å²) in [6, 6.07) is 0.343. The Morgan fingerprint density at radius 1 is 1.33 bits per heavy atom. The predicted octanol–water partition coefficient (Wildman–Crippen LogP) is 2.97. The molecular formula is C12H20F3N3. The van der Waals surface area contributed by atoms with Crippen LogP contribution in [0.15, 0.2) is 12.4 Å². The Labute approximate surface area is 105 Å². The summed E-state index contributed by atoms with van der Waals surface area (Å²) in [6.07, 6.45) is -0.276. The largest absolute Gasteiger partial charge is 0.408 e. The van der Waals surface area contributed by atoms with E-state index in [1.807, 2.05) is 0 Å². The number of aromatic nitrogens is 2. The molecule has 1 heterocycles. The molecule has 0 spiro atoms. The highest BCUT2D eigenvalue weighted by molar-refractivity contribution is 5.03. The molecule has 104 valence electrons. The van der Waals surface area contributed by atoms with Crippen molar-refractivity contribution in [1.29, 1.82) is 0 Å². The first-order chi connectivity index (χ1) is 8.26. The van der Waals surface area contributed by atoms with Crippen molar-refractivity contribution in [3.05, 3.63) is 18.0 Å². The van der Waals surface area contributed by atoms with E-state index in [0.717, 1.165) is 16.7 Å². The lowest BCUT2D eigenvalue weighted by atomic mass is 10.1. The van der Waals surface area contributed by atoms with Crippen molar-refractivity contribution >= 4 is 0 Å². The molecule has 0 saturated heterocycles. The van der Waals surface area contributed by atoms with Gasteiger partial charge in [-0.1, -0.05) is 13.8 Å². The zero-order chi connectivity index (χ0) is 13.8. The van der Waals surface area contributed by atoms with Gasteiger partial charge in [0.15, 0.2) is 0 Å². The quantitative estimate of drug-likeness (QED) is 0.855. The van der Waals surface area contributed by atoms with Crippen LogP contribution in [0.5, 0.6) is 0 Å². The van der Waals surface area contributed by atoms with Gasteiger partial charge in [-0.3, -0.25) is 4.68 Å². The fraction of sp³-hybridized carbons (Fsp3) is 0.750. The van der Waals surface area contributed by atoms with Crippen LogP contribution in [-0.2, 0) is 13.1 Å². The molecule has 1 atom stereocenters. The van der Waals surface area contributed by atoms with E-state index in [9.17, 15) is 13.2 Å².